The van der Waals surface area contributed by atoms with E-state index in [4.69, 9.17) is 27.1 Å². The molecule has 14 nitrogen and oxygen atoms in total. The molecule has 254 valence electrons. The molecular formula is C28H40N4O10P2S2. The van der Waals surface area contributed by atoms with E-state index in [1.54, 1.807) is 53.7 Å². The minimum atomic E-state index is -4.32. The molecule has 0 saturated heterocycles. The van der Waals surface area contributed by atoms with Crippen LogP contribution in [0.25, 0.3) is 22.5 Å². The van der Waals surface area contributed by atoms with Gasteiger partial charge >= 0.3 is 15.5 Å². The van der Waals surface area contributed by atoms with Crippen LogP contribution in [0.5, 0.6) is 0 Å². The van der Waals surface area contributed by atoms with Gasteiger partial charge < -0.3 is 27.1 Å². The van der Waals surface area contributed by atoms with E-state index in [1.807, 2.05) is 0 Å². The third-order valence-electron chi connectivity index (χ3n) is 5.68. The molecule has 0 N–H and O–H groups in total. The van der Waals surface area contributed by atoms with Gasteiger partial charge in [0.2, 0.25) is 0 Å². The molecule has 0 bridgehead atoms. The molecule has 3 rings (SSSR count). The molecule has 0 saturated carbocycles. The minimum Gasteiger partial charge on any atom is -0.302 e. The number of sulfonamides is 2. The topological polar surface area (TPSA) is 174 Å². The Labute approximate surface area is 271 Å². The zero-order valence-electron chi connectivity index (χ0n) is 26.6. The number of nitrogens with zero attached hydrogens (tertiary/aromatic N) is 4. The zero-order valence-corrected chi connectivity index (χ0v) is 30.0. The van der Waals surface area contributed by atoms with Crippen LogP contribution in [0.3, 0.4) is 0 Å². The van der Waals surface area contributed by atoms with Gasteiger partial charge in [-0.05, 0) is 65.8 Å². The highest BCUT2D eigenvalue weighted by Crippen LogP contribution is 2.55. The first kappa shape index (κ1) is 38.1. The summed E-state index contributed by atoms with van der Waals surface area (Å²) in [5.41, 5.74) is 1.37. The molecule has 46 heavy (non-hydrogen) atoms. The fraction of sp³-hybridized carbons (Fsp3) is 0.429. The molecule has 0 spiro atoms. The Morgan fingerprint density at radius 3 is 1.13 bits per heavy atom. The molecule has 3 aromatic rings. The van der Waals surface area contributed by atoms with Crippen LogP contribution in [-0.4, -0.2) is 66.4 Å². The van der Waals surface area contributed by atoms with Gasteiger partial charge in [0, 0.05) is 23.5 Å². The molecule has 1 heterocycles. The molecule has 0 radical (unpaired) electrons. The van der Waals surface area contributed by atoms with Gasteiger partial charge in [-0.25, -0.2) is 0 Å². The van der Waals surface area contributed by atoms with Crippen LogP contribution in [0.2, 0.25) is 0 Å². The monoisotopic (exact) mass is 718 g/mol. The van der Waals surface area contributed by atoms with Crippen molar-refractivity contribution in [2.75, 3.05) is 39.6 Å². The van der Waals surface area contributed by atoms with Crippen LogP contribution in [0.4, 0.5) is 0 Å². The van der Waals surface area contributed by atoms with Crippen molar-refractivity contribution < 1.29 is 44.0 Å². The second-order valence-electron chi connectivity index (χ2n) is 8.87. The first-order valence-corrected chi connectivity index (χ1v) is 20.5. The first-order chi connectivity index (χ1) is 21.9. The summed E-state index contributed by atoms with van der Waals surface area (Å²) in [6.45, 7) is 10.9. The van der Waals surface area contributed by atoms with E-state index < -0.39 is 35.5 Å². The summed E-state index contributed by atoms with van der Waals surface area (Å²) in [6.07, 6.45) is 2.89. The van der Waals surface area contributed by atoms with E-state index >= 15 is 0 Å². The zero-order chi connectivity index (χ0) is 33.8. The molecule has 0 unspecified atom stereocenters. The van der Waals surface area contributed by atoms with E-state index in [0.717, 1.165) is 0 Å². The summed E-state index contributed by atoms with van der Waals surface area (Å²) >= 11 is 0. The Morgan fingerprint density at radius 1 is 0.543 bits per heavy atom. The number of benzene rings is 2. The van der Waals surface area contributed by atoms with Gasteiger partial charge in [-0.15, -0.1) is 0 Å². The average Bonchev–Trinajstić information content (AvgIpc) is 3.01. The lowest BCUT2D eigenvalue weighted by Crippen LogP contribution is -2.05. The molecule has 18 heteroatoms. The largest absolute Gasteiger partial charge is 0.371 e. The van der Waals surface area contributed by atoms with Crippen molar-refractivity contribution in [2.24, 2.45) is 8.30 Å². The van der Waals surface area contributed by atoms with Crippen molar-refractivity contribution >= 4 is 35.5 Å². The number of rotatable bonds is 18. The van der Waals surface area contributed by atoms with Crippen molar-refractivity contribution in [3.05, 3.63) is 60.9 Å². The fourth-order valence-electron chi connectivity index (χ4n) is 4.07. The summed E-state index contributed by atoms with van der Waals surface area (Å²) in [4.78, 5) is 8.61. The van der Waals surface area contributed by atoms with Gasteiger partial charge in [-0.2, -0.15) is 16.8 Å². The number of aromatic nitrogens is 2. The summed E-state index contributed by atoms with van der Waals surface area (Å²) in [5.74, 6) is 0. The molecule has 0 atom stereocenters. The van der Waals surface area contributed by atoms with Crippen LogP contribution < -0.4 is 0 Å². The maximum absolute atomic E-state index is 13.5. The third kappa shape index (κ3) is 9.60. The maximum Gasteiger partial charge on any atom is 0.371 e. The molecule has 0 aliphatic heterocycles. The Balaban J connectivity index is 2.14. The Kier molecular flexibility index (Phi) is 14.2. The van der Waals surface area contributed by atoms with Gasteiger partial charge in [0.05, 0.1) is 60.8 Å². The Bertz CT molecular complexity index is 1630. The smallest absolute Gasteiger partial charge is 0.302 e. The molecule has 2 aromatic carbocycles. The highest BCUT2D eigenvalue weighted by atomic mass is 32.2. The van der Waals surface area contributed by atoms with Crippen LogP contribution in [0.15, 0.2) is 79.0 Å². The number of hydrogen-bond donors (Lipinski definition) is 0. The van der Waals surface area contributed by atoms with Crippen LogP contribution in [0.1, 0.15) is 41.5 Å². The highest BCUT2D eigenvalue weighted by Gasteiger charge is 2.30. The second kappa shape index (κ2) is 17.2. The lowest BCUT2D eigenvalue weighted by atomic mass is 10.0. The maximum atomic E-state index is 13.5. The summed E-state index contributed by atoms with van der Waals surface area (Å²) in [7, 11) is -15.8. The Hall–Kier alpha value is -2.36. The average molecular weight is 719 g/mol. The van der Waals surface area contributed by atoms with E-state index in [1.165, 1.54) is 48.8 Å². The van der Waals surface area contributed by atoms with Crippen molar-refractivity contribution in [1.29, 1.82) is 0 Å². The van der Waals surface area contributed by atoms with Gasteiger partial charge in [-0.1, -0.05) is 32.6 Å². The van der Waals surface area contributed by atoms with Gasteiger partial charge in [-0.3, -0.25) is 9.97 Å². The quantitative estimate of drug-likeness (QED) is 0.120. The minimum absolute atomic E-state index is 0.128. The lowest BCUT2D eigenvalue weighted by Gasteiger charge is -2.21. The third-order valence-corrected chi connectivity index (χ3v) is 14.2. The summed E-state index contributed by atoms with van der Waals surface area (Å²) in [6, 6.07) is 11.9. The molecular weight excluding hydrogens is 678 g/mol. The van der Waals surface area contributed by atoms with E-state index in [2.05, 4.69) is 18.3 Å². The molecule has 0 amide bonds. The van der Waals surface area contributed by atoms with E-state index in [9.17, 15) is 16.8 Å². The molecule has 0 aliphatic carbocycles. The first-order valence-electron chi connectivity index (χ1n) is 14.6. The lowest BCUT2D eigenvalue weighted by molar-refractivity contribution is 0.163. The standard InChI is InChI=1S/C28H40N4O10P2S2/c1-7-37-43(38-8-2,39-9-3)31-45(33,34)25-17-13-15-23(21-25)27-28(30-20-19-29-27)24-16-14-18-26(22-24)46(35,36)32-44(40-10-4,41-11-5)42-12-6/h13-22H,7-12H2,1-6H3. The van der Waals surface area contributed by atoms with E-state index in [-0.39, 0.29) is 49.4 Å². The second-order valence-corrected chi connectivity index (χ2v) is 16.4. The molecule has 0 fully saturated rings. The fourth-order valence-corrected chi connectivity index (χ4v) is 11.5. The predicted octanol–water partition coefficient (Wildman–Crippen LogP) is 7.30. The van der Waals surface area contributed by atoms with Crippen LogP contribution in [-0.2, 0) is 47.2 Å². The van der Waals surface area contributed by atoms with Crippen LogP contribution >= 0.6 is 15.5 Å². The number of hydrogen-bond acceptors (Lipinski definition) is 12. The van der Waals surface area contributed by atoms with Crippen molar-refractivity contribution in [1.82, 2.24) is 9.97 Å². The van der Waals surface area contributed by atoms with Gasteiger partial charge in [0.1, 0.15) is 0 Å². The van der Waals surface area contributed by atoms with Crippen LogP contribution in [0, 0.1) is 0 Å². The molecule has 0 aliphatic rings. The van der Waals surface area contributed by atoms with Crippen molar-refractivity contribution in [2.45, 2.75) is 51.3 Å². The summed E-state index contributed by atoms with van der Waals surface area (Å²) < 4.78 is 95.5. The normalized spacial score (nSPS) is 12.7. The Morgan fingerprint density at radius 2 is 0.848 bits per heavy atom. The van der Waals surface area contributed by atoms with Crippen molar-refractivity contribution in [3.63, 3.8) is 0 Å². The highest BCUT2D eigenvalue weighted by molar-refractivity contribution is 7.93. The SMILES string of the molecule is CCOP(=NS(=O)(=O)c1cccc(-c2nccnc2-c2cccc(S(=O)(=O)N=P(OCC)(OCC)OCC)c2)c1)(OCC)OCC. The van der Waals surface area contributed by atoms with E-state index in [0.29, 0.717) is 22.5 Å². The predicted molar refractivity (Wildman–Crippen MR) is 176 cm³/mol. The van der Waals surface area contributed by atoms with Crippen molar-refractivity contribution in [3.8, 4) is 22.5 Å². The van der Waals surface area contributed by atoms with Gasteiger partial charge in [0.25, 0.3) is 20.0 Å². The summed E-state index contributed by atoms with van der Waals surface area (Å²) in [5, 5.41) is 0. The van der Waals surface area contributed by atoms with Gasteiger partial charge in [0.15, 0.2) is 0 Å². The molecule has 1 aromatic heterocycles.